The summed E-state index contributed by atoms with van der Waals surface area (Å²) < 4.78 is 22.8. The summed E-state index contributed by atoms with van der Waals surface area (Å²) in [4.78, 5) is 11.6. The van der Waals surface area contributed by atoms with Gasteiger partial charge in [-0.2, -0.15) is 0 Å². The molecule has 5 nitrogen and oxygen atoms in total. The molecular formula is C26H51AlO5. The smallest absolute Gasteiger partial charge is 0.602 e. The molecule has 0 heterocycles. The van der Waals surface area contributed by atoms with Crippen LogP contribution in [-0.4, -0.2) is 40.9 Å². The van der Waals surface area contributed by atoms with Crippen LogP contribution in [0.15, 0.2) is 11.8 Å². The monoisotopic (exact) mass is 470 g/mol. The Hall–Kier alpha value is -0.538. The van der Waals surface area contributed by atoms with Gasteiger partial charge in [0, 0.05) is 13.2 Å². The number of esters is 1. The van der Waals surface area contributed by atoms with E-state index in [-0.39, 0.29) is 5.97 Å². The van der Waals surface area contributed by atoms with E-state index in [4.69, 9.17) is 16.1 Å². The fourth-order valence-electron chi connectivity index (χ4n) is 3.38. The van der Waals surface area contributed by atoms with E-state index in [0.717, 1.165) is 24.7 Å². The lowest BCUT2D eigenvalue weighted by Crippen LogP contribution is -2.28. The minimum Gasteiger partial charge on any atom is -0.602 e. The van der Waals surface area contributed by atoms with Crippen molar-refractivity contribution >= 4 is 21.1 Å². The number of hydrogen-bond acceptors (Lipinski definition) is 5. The minimum atomic E-state index is -2.30. The molecular weight excluding hydrogens is 419 g/mol. The van der Waals surface area contributed by atoms with Gasteiger partial charge in [0.25, 0.3) is 0 Å². The average Bonchev–Trinajstić information content (AvgIpc) is 2.71. The highest BCUT2D eigenvalue weighted by Crippen LogP contribution is 2.13. The summed E-state index contributed by atoms with van der Waals surface area (Å²) in [7, 11) is 0. The van der Waals surface area contributed by atoms with Gasteiger partial charge >= 0.3 is 21.1 Å². The highest BCUT2D eigenvalue weighted by atomic mass is 27.3. The highest BCUT2D eigenvalue weighted by Gasteiger charge is 2.35. The van der Waals surface area contributed by atoms with Gasteiger partial charge < -0.3 is 16.1 Å². The number of allylic oxidation sites excluding steroid dienone is 1. The number of unbranched alkanes of at least 4 members (excludes halogenated alkanes) is 8. The van der Waals surface area contributed by atoms with Crippen LogP contribution in [0.25, 0.3) is 0 Å². The first-order valence-electron chi connectivity index (χ1n) is 13.1. The van der Waals surface area contributed by atoms with Gasteiger partial charge in [-0.15, -0.1) is 0 Å². The van der Waals surface area contributed by atoms with Gasteiger partial charge in [-0.1, -0.05) is 91.9 Å². The van der Waals surface area contributed by atoms with Crippen LogP contribution in [0.5, 0.6) is 0 Å². The van der Waals surface area contributed by atoms with Gasteiger partial charge in [0.15, 0.2) is 0 Å². The lowest BCUT2D eigenvalue weighted by molar-refractivity contribution is -0.137. The summed E-state index contributed by atoms with van der Waals surface area (Å²) >= 11 is -2.30. The van der Waals surface area contributed by atoms with Crippen molar-refractivity contribution in [1.82, 2.24) is 0 Å². The first-order chi connectivity index (χ1) is 15.3. The van der Waals surface area contributed by atoms with Crippen LogP contribution in [0.2, 0.25) is 0 Å². The summed E-state index contributed by atoms with van der Waals surface area (Å²) in [6, 6.07) is 0. The number of ether oxygens (including phenoxy) is 1. The maximum atomic E-state index is 11.6. The number of carbonyl (C=O) groups excluding carboxylic acids is 1. The highest BCUT2D eigenvalue weighted by molar-refractivity contribution is 6.36. The first kappa shape index (κ1) is 31.5. The second-order valence-electron chi connectivity index (χ2n) is 9.56. The van der Waals surface area contributed by atoms with Crippen molar-refractivity contribution in [3.05, 3.63) is 11.8 Å². The third-order valence-corrected chi connectivity index (χ3v) is 6.83. The van der Waals surface area contributed by atoms with Crippen LogP contribution >= 0.6 is 0 Å². The van der Waals surface area contributed by atoms with Crippen LogP contribution in [0.4, 0.5) is 0 Å². The molecule has 0 fully saturated rings. The first-order valence-corrected chi connectivity index (χ1v) is 14.5. The van der Waals surface area contributed by atoms with Gasteiger partial charge in [0.05, 0.1) is 18.4 Å². The Kier molecular flexibility index (Phi) is 21.9. The van der Waals surface area contributed by atoms with Crippen molar-refractivity contribution in [2.45, 2.75) is 119 Å². The molecule has 0 saturated heterocycles. The summed E-state index contributed by atoms with van der Waals surface area (Å²) in [5, 5.41) is 0. The average molecular weight is 471 g/mol. The lowest BCUT2D eigenvalue weighted by atomic mass is 10.0. The number of hydrogen-bond donors (Lipinski definition) is 0. The van der Waals surface area contributed by atoms with E-state index in [1.165, 1.54) is 70.3 Å². The summed E-state index contributed by atoms with van der Waals surface area (Å²) in [6.45, 7) is 14.3. The third kappa shape index (κ3) is 22.6. The van der Waals surface area contributed by atoms with E-state index in [1.54, 1.807) is 13.8 Å². The lowest BCUT2D eigenvalue weighted by Gasteiger charge is -2.15. The zero-order valence-corrected chi connectivity index (χ0v) is 23.1. The van der Waals surface area contributed by atoms with Crippen molar-refractivity contribution in [2.24, 2.45) is 11.8 Å². The Labute approximate surface area is 204 Å². The Morgan fingerprint density at radius 3 is 1.62 bits per heavy atom. The second kappa shape index (κ2) is 22.3. The van der Waals surface area contributed by atoms with Gasteiger partial charge in [-0.25, -0.2) is 4.79 Å². The van der Waals surface area contributed by atoms with E-state index in [2.05, 4.69) is 27.7 Å². The molecule has 0 N–H and O–H groups in total. The van der Waals surface area contributed by atoms with Gasteiger partial charge in [-0.05, 0) is 38.5 Å². The van der Waals surface area contributed by atoms with E-state index in [1.807, 2.05) is 0 Å². The molecule has 0 bridgehead atoms. The molecule has 0 spiro atoms. The van der Waals surface area contributed by atoms with Crippen LogP contribution < -0.4 is 0 Å². The Balaban J connectivity index is 4.18. The Morgan fingerprint density at radius 2 is 1.19 bits per heavy atom. The van der Waals surface area contributed by atoms with E-state index in [0.29, 0.717) is 25.6 Å². The predicted octanol–water partition coefficient (Wildman–Crippen LogP) is 7.48. The van der Waals surface area contributed by atoms with Crippen molar-refractivity contribution in [3.8, 4) is 0 Å². The van der Waals surface area contributed by atoms with Crippen LogP contribution in [0.3, 0.4) is 0 Å². The summed E-state index contributed by atoms with van der Waals surface area (Å²) in [6.07, 6.45) is 16.1. The van der Waals surface area contributed by atoms with Crippen molar-refractivity contribution in [2.75, 3.05) is 19.8 Å². The van der Waals surface area contributed by atoms with Crippen LogP contribution in [-0.2, 0) is 20.9 Å². The molecule has 0 aromatic rings. The van der Waals surface area contributed by atoms with Crippen molar-refractivity contribution in [1.29, 1.82) is 0 Å². The quantitative estimate of drug-likeness (QED) is 0.0539. The van der Waals surface area contributed by atoms with Gasteiger partial charge in [0.2, 0.25) is 0 Å². The Bertz CT molecular complexity index is 441. The van der Waals surface area contributed by atoms with Crippen LogP contribution in [0, 0.1) is 11.8 Å². The molecule has 0 amide bonds. The fraction of sp³-hybridized carbons (Fsp3) is 0.885. The van der Waals surface area contributed by atoms with E-state index >= 15 is 0 Å². The van der Waals surface area contributed by atoms with E-state index < -0.39 is 15.1 Å². The van der Waals surface area contributed by atoms with Crippen molar-refractivity contribution in [3.63, 3.8) is 0 Å². The molecule has 0 radical (unpaired) electrons. The molecule has 0 rings (SSSR count). The molecule has 6 heteroatoms. The maximum Gasteiger partial charge on any atom is 1.00 e. The molecule has 0 aliphatic heterocycles. The molecule has 0 atom stereocenters. The summed E-state index contributed by atoms with van der Waals surface area (Å²) in [5.74, 6) is 1.71. The number of rotatable bonds is 22. The largest absolute Gasteiger partial charge is 1.00 e. The SMILES string of the molecule is CCOC(=O)/C=C(/C)[O][Al]([O]CCCCCCCC(C)C)[O]CCCCCCCC(C)C. The molecule has 0 aliphatic carbocycles. The van der Waals surface area contributed by atoms with Gasteiger partial charge in [-0.3, -0.25) is 0 Å². The zero-order chi connectivity index (χ0) is 24.0. The van der Waals surface area contributed by atoms with E-state index in [9.17, 15) is 4.79 Å². The standard InChI is InChI=1S/2C10H21O.C6H10O3.Al/c2*1-10(2)8-6-4-3-5-7-9-11;1-3-9-6(8)4-5(2)7;/h2*10H,3-9H2,1-2H3;4,7H,3H2,1-2H3;/q2*-1;;+3/p-1/b;;5-4-;. The zero-order valence-electron chi connectivity index (χ0n) is 22.0. The molecule has 0 unspecified atom stereocenters. The maximum absolute atomic E-state index is 11.6. The molecule has 0 aromatic heterocycles. The summed E-state index contributed by atoms with van der Waals surface area (Å²) in [5.41, 5.74) is 0. The molecule has 0 aliphatic rings. The van der Waals surface area contributed by atoms with Crippen LogP contribution in [0.1, 0.15) is 119 Å². The Morgan fingerprint density at radius 1 is 0.750 bits per heavy atom. The molecule has 188 valence electrons. The molecule has 0 saturated carbocycles. The minimum absolute atomic E-state index is 0.352. The van der Waals surface area contributed by atoms with Gasteiger partial charge in [0.1, 0.15) is 0 Å². The predicted molar refractivity (Wildman–Crippen MR) is 134 cm³/mol. The second-order valence-corrected chi connectivity index (χ2v) is 11.0. The van der Waals surface area contributed by atoms with Crippen molar-refractivity contribution < 1.29 is 20.9 Å². The fourth-order valence-corrected chi connectivity index (χ4v) is 4.70. The normalized spacial score (nSPS) is 11.9. The third-order valence-electron chi connectivity index (χ3n) is 5.25. The number of carbonyl (C=O) groups is 1. The molecule has 32 heavy (non-hydrogen) atoms. The molecule has 0 aromatic carbocycles. The topological polar surface area (TPSA) is 54.0 Å².